The van der Waals surface area contributed by atoms with Crippen LogP contribution in [-0.2, 0) is 9.59 Å². The maximum absolute atomic E-state index is 13.0. The molecule has 0 aromatic heterocycles. The zero-order chi connectivity index (χ0) is 18.6. The van der Waals surface area contributed by atoms with Gasteiger partial charge in [0.2, 0.25) is 5.91 Å². The molecule has 3 fully saturated rings. The van der Waals surface area contributed by atoms with Gasteiger partial charge < -0.3 is 19.7 Å². The summed E-state index contributed by atoms with van der Waals surface area (Å²) in [6.07, 6.45) is 2.05. The third kappa shape index (κ3) is 2.70. The van der Waals surface area contributed by atoms with Crippen LogP contribution in [0, 0.1) is 5.92 Å². The molecule has 1 aliphatic carbocycles. The van der Waals surface area contributed by atoms with Crippen molar-refractivity contribution in [2.45, 2.75) is 30.7 Å². The van der Waals surface area contributed by atoms with Crippen LogP contribution in [0.2, 0.25) is 0 Å². The van der Waals surface area contributed by atoms with E-state index in [1.807, 2.05) is 18.2 Å². The van der Waals surface area contributed by atoms with Gasteiger partial charge in [0.1, 0.15) is 18.8 Å². The van der Waals surface area contributed by atoms with Crippen LogP contribution in [0.1, 0.15) is 30.7 Å². The molecule has 1 aromatic rings. The highest BCUT2D eigenvalue weighted by molar-refractivity contribution is 6.07. The normalized spacial score (nSPS) is 31.5. The molecule has 4 amide bonds. The summed E-state index contributed by atoms with van der Waals surface area (Å²) in [6, 6.07) is 5.38. The summed E-state index contributed by atoms with van der Waals surface area (Å²) in [7, 11) is 0. The van der Waals surface area contributed by atoms with Crippen molar-refractivity contribution in [1.82, 2.24) is 15.5 Å². The van der Waals surface area contributed by atoms with E-state index in [1.165, 1.54) is 0 Å². The second-order valence-corrected chi connectivity index (χ2v) is 7.71. The molecule has 3 aliphatic heterocycles. The van der Waals surface area contributed by atoms with Crippen LogP contribution in [0.5, 0.6) is 11.5 Å². The Labute approximate surface area is 156 Å². The molecule has 8 heteroatoms. The first-order chi connectivity index (χ1) is 13.1. The zero-order valence-corrected chi connectivity index (χ0v) is 14.8. The molecular weight excluding hydrogens is 350 g/mol. The lowest BCUT2D eigenvalue weighted by Crippen LogP contribution is -2.59. The fraction of sp³-hybridized carbons (Fsp3) is 0.526. The number of carbonyl (C=O) groups is 3. The molecule has 142 valence electrons. The van der Waals surface area contributed by atoms with Crippen molar-refractivity contribution in [3.8, 4) is 11.5 Å². The number of benzene rings is 1. The number of piperidine rings is 1. The van der Waals surface area contributed by atoms with Gasteiger partial charge in [0.25, 0.3) is 5.91 Å². The van der Waals surface area contributed by atoms with Crippen LogP contribution < -0.4 is 20.1 Å². The number of hydrogen-bond donors (Lipinski definition) is 2. The Balaban J connectivity index is 1.28. The Morgan fingerprint density at radius 2 is 2.00 bits per heavy atom. The number of amides is 4. The molecule has 27 heavy (non-hydrogen) atoms. The van der Waals surface area contributed by atoms with Gasteiger partial charge in [-0.15, -0.1) is 0 Å². The maximum atomic E-state index is 13.0. The largest absolute Gasteiger partial charge is 0.486 e. The number of fused-ring (bicyclic) bond motifs is 1. The molecule has 4 aliphatic rings. The second kappa shape index (κ2) is 5.87. The number of imide groups is 1. The first-order valence-electron chi connectivity index (χ1n) is 9.38. The molecule has 0 bridgehead atoms. The first-order valence-corrected chi connectivity index (χ1v) is 9.38. The van der Waals surface area contributed by atoms with Crippen LogP contribution in [0.3, 0.4) is 0 Å². The van der Waals surface area contributed by atoms with E-state index in [2.05, 4.69) is 10.6 Å². The van der Waals surface area contributed by atoms with Crippen molar-refractivity contribution in [2.24, 2.45) is 5.92 Å². The van der Waals surface area contributed by atoms with Crippen LogP contribution >= 0.6 is 0 Å². The molecule has 3 heterocycles. The Hall–Kier alpha value is -2.77. The standard InChI is InChI=1S/C19H21N3O5/c23-16(22-5-1-4-19(10-22)17(24)20-18(25)21-19)13-9-12(13)11-2-3-14-15(8-11)27-7-6-26-14/h2-3,8,12-13H,1,4-7,9-10H2,(H2,20,21,24,25)/t12-,13-,19+/m0/s1. The van der Waals surface area contributed by atoms with E-state index in [-0.39, 0.29) is 30.2 Å². The second-order valence-electron chi connectivity index (χ2n) is 7.71. The van der Waals surface area contributed by atoms with Gasteiger partial charge in [-0.3, -0.25) is 14.9 Å². The van der Waals surface area contributed by atoms with Gasteiger partial charge in [-0.2, -0.15) is 0 Å². The third-order valence-electron chi connectivity index (χ3n) is 5.92. The van der Waals surface area contributed by atoms with Gasteiger partial charge in [-0.05, 0) is 42.9 Å². The summed E-state index contributed by atoms with van der Waals surface area (Å²) in [5, 5.41) is 5.01. The lowest BCUT2D eigenvalue weighted by molar-refractivity contribution is -0.137. The van der Waals surface area contributed by atoms with Crippen molar-refractivity contribution in [2.75, 3.05) is 26.3 Å². The molecule has 0 unspecified atom stereocenters. The van der Waals surface area contributed by atoms with Gasteiger partial charge in [-0.25, -0.2) is 4.79 Å². The maximum Gasteiger partial charge on any atom is 0.322 e. The summed E-state index contributed by atoms with van der Waals surface area (Å²) < 4.78 is 11.2. The molecule has 1 spiro atoms. The van der Waals surface area contributed by atoms with Crippen molar-refractivity contribution < 1.29 is 23.9 Å². The van der Waals surface area contributed by atoms with Gasteiger partial charge in [0, 0.05) is 12.5 Å². The smallest absolute Gasteiger partial charge is 0.322 e. The van der Waals surface area contributed by atoms with Gasteiger partial charge in [-0.1, -0.05) is 6.07 Å². The van der Waals surface area contributed by atoms with Crippen LogP contribution in [0.25, 0.3) is 0 Å². The van der Waals surface area contributed by atoms with E-state index in [1.54, 1.807) is 4.90 Å². The quantitative estimate of drug-likeness (QED) is 0.749. The molecular formula is C19H21N3O5. The number of ether oxygens (including phenoxy) is 2. The van der Waals surface area contributed by atoms with Crippen LogP contribution in [-0.4, -0.2) is 54.6 Å². The monoisotopic (exact) mass is 371 g/mol. The Morgan fingerprint density at radius 3 is 2.78 bits per heavy atom. The van der Waals surface area contributed by atoms with Crippen LogP contribution in [0.15, 0.2) is 18.2 Å². The third-order valence-corrected chi connectivity index (χ3v) is 5.92. The highest BCUT2D eigenvalue weighted by Gasteiger charge is 2.52. The van der Waals surface area contributed by atoms with E-state index in [0.717, 1.165) is 23.5 Å². The Kier molecular flexibility index (Phi) is 3.57. The number of nitrogens with one attached hydrogen (secondary N) is 2. The number of urea groups is 1. The highest BCUT2D eigenvalue weighted by atomic mass is 16.6. The van der Waals surface area contributed by atoms with E-state index in [9.17, 15) is 14.4 Å². The van der Waals surface area contributed by atoms with Crippen molar-refractivity contribution >= 4 is 17.8 Å². The van der Waals surface area contributed by atoms with E-state index in [4.69, 9.17) is 9.47 Å². The number of carbonyl (C=O) groups excluding carboxylic acids is 3. The van der Waals surface area contributed by atoms with Crippen molar-refractivity contribution in [3.63, 3.8) is 0 Å². The predicted molar refractivity (Wildman–Crippen MR) is 93.5 cm³/mol. The SMILES string of the molecule is O=C1NC(=O)[C@]2(CCCN(C(=O)[C@H]3C[C@H]3c3ccc4c(c3)OCCO4)C2)N1. The predicted octanol–water partition coefficient (Wildman–Crippen LogP) is 0.762. The van der Waals surface area contributed by atoms with Gasteiger partial charge in [0.05, 0.1) is 6.54 Å². The summed E-state index contributed by atoms with van der Waals surface area (Å²) in [6.45, 7) is 1.95. The lowest BCUT2D eigenvalue weighted by Gasteiger charge is -2.38. The summed E-state index contributed by atoms with van der Waals surface area (Å²) >= 11 is 0. The zero-order valence-electron chi connectivity index (χ0n) is 14.8. The van der Waals surface area contributed by atoms with Gasteiger partial charge >= 0.3 is 6.03 Å². The lowest BCUT2D eigenvalue weighted by atomic mass is 9.89. The minimum atomic E-state index is -0.966. The fourth-order valence-corrected chi connectivity index (χ4v) is 4.42. The molecule has 2 saturated heterocycles. The molecule has 8 nitrogen and oxygen atoms in total. The summed E-state index contributed by atoms with van der Waals surface area (Å²) in [5.74, 6) is 1.29. The van der Waals surface area contributed by atoms with Crippen molar-refractivity contribution in [3.05, 3.63) is 23.8 Å². The van der Waals surface area contributed by atoms with Crippen LogP contribution in [0.4, 0.5) is 4.79 Å². The Bertz CT molecular complexity index is 841. The van der Waals surface area contributed by atoms with Gasteiger partial charge in [0.15, 0.2) is 11.5 Å². The van der Waals surface area contributed by atoms with E-state index in [0.29, 0.717) is 32.6 Å². The Morgan fingerprint density at radius 1 is 1.19 bits per heavy atom. The van der Waals surface area contributed by atoms with Crippen molar-refractivity contribution in [1.29, 1.82) is 0 Å². The topological polar surface area (TPSA) is 97.0 Å². The first kappa shape index (κ1) is 16.4. The fourth-order valence-electron chi connectivity index (χ4n) is 4.42. The molecule has 0 radical (unpaired) electrons. The molecule has 3 atom stereocenters. The number of likely N-dealkylation sites (tertiary alicyclic amines) is 1. The average Bonchev–Trinajstić information content (AvgIpc) is 3.43. The minimum absolute atomic E-state index is 0.0583. The molecule has 1 saturated carbocycles. The number of nitrogens with zero attached hydrogens (tertiary/aromatic N) is 1. The van der Waals surface area contributed by atoms with E-state index < -0.39 is 11.6 Å². The van der Waals surface area contributed by atoms with E-state index >= 15 is 0 Å². The highest BCUT2D eigenvalue weighted by Crippen LogP contribution is 2.50. The number of rotatable bonds is 2. The minimum Gasteiger partial charge on any atom is -0.486 e. The molecule has 1 aromatic carbocycles. The summed E-state index contributed by atoms with van der Waals surface area (Å²) in [5.41, 5.74) is 0.114. The number of hydrogen-bond acceptors (Lipinski definition) is 5. The summed E-state index contributed by atoms with van der Waals surface area (Å²) in [4.78, 5) is 38.4. The molecule has 5 rings (SSSR count). The average molecular weight is 371 g/mol. The molecule has 2 N–H and O–H groups in total.